The normalized spacial score (nSPS) is 14.9. The minimum Gasteiger partial charge on any atom is -0.493 e. The molecule has 0 radical (unpaired) electrons. The van der Waals surface area contributed by atoms with E-state index in [0.29, 0.717) is 35.5 Å². The number of hydrogen-bond donors (Lipinski definition) is 1. The van der Waals surface area contributed by atoms with Gasteiger partial charge in [-0.15, -0.1) is 0 Å². The first-order valence-corrected chi connectivity index (χ1v) is 10.6. The van der Waals surface area contributed by atoms with E-state index in [2.05, 4.69) is 5.32 Å². The van der Waals surface area contributed by atoms with Crippen molar-refractivity contribution in [1.82, 2.24) is 5.32 Å². The first kappa shape index (κ1) is 23.6. The number of halogens is 2. The molecule has 0 aliphatic heterocycles. The van der Waals surface area contributed by atoms with Crippen LogP contribution in [0.25, 0.3) is 6.08 Å². The maximum absolute atomic E-state index is 14.1. The van der Waals surface area contributed by atoms with Crippen molar-refractivity contribution in [2.45, 2.75) is 37.8 Å². The van der Waals surface area contributed by atoms with E-state index in [1.54, 1.807) is 36.4 Å². The molecule has 1 amide bonds. The van der Waals surface area contributed by atoms with E-state index in [-0.39, 0.29) is 17.5 Å². The zero-order valence-electron chi connectivity index (χ0n) is 18.0. The van der Waals surface area contributed by atoms with Crippen LogP contribution in [-0.4, -0.2) is 31.6 Å². The Morgan fingerprint density at radius 3 is 2.59 bits per heavy atom. The fourth-order valence-corrected chi connectivity index (χ4v) is 3.92. The highest BCUT2D eigenvalue weighted by atomic mass is 35.5. The Balaban J connectivity index is 1.67. The lowest BCUT2D eigenvalue weighted by atomic mass is 9.97. The zero-order chi connectivity index (χ0) is 23.1. The van der Waals surface area contributed by atoms with Crippen LogP contribution >= 0.6 is 11.6 Å². The maximum atomic E-state index is 14.1. The van der Waals surface area contributed by atoms with E-state index in [4.69, 9.17) is 25.8 Å². The molecule has 170 valence electrons. The molecule has 0 spiro atoms. The van der Waals surface area contributed by atoms with Crippen molar-refractivity contribution < 1.29 is 28.2 Å². The van der Waals surface area contributed by atoms with Crippen LogP contribution in [0.15, 0.2) is 42.5 Å². The smallest absolute Gasteiger partial charge is 0.331 e. The number of benzene rings is 2. The number of carbonyl (C=O) groups excluding carboxylic acids is 2. The highest BCUT2D eigenvalue weighted by Gasteiger charge is 2.43. The first-order chi connectivity index (χ1) is 15.4. The average molecular weight is 462 g/mol. The molecule has 0 heterocycles. The summed E-state index contributed by atoms with van der Waals surface area (Å²) in [6.45, 7) is -0.0179. The van der Waals surface area contributed by atoms with E-state index < -0.39 is 17.3 Å². The molecule has 3 rings (SSSR count). The summed E-state index contributed by atoms with van der Waals surface area (Å²) in [6.07, 6.45) is 5.81. The Hall–Kier alpha value is -3.06. The summed E-state index contributed by atoms with van der Waals surface area (Å²) < 4.78 is 30.0. The van der Waals surface area contributed by atoms with Gasteiger partial charge in [-0.25, -0.2) is 9.18 Å². The molecule has 1 aliphatic carbocycles. The second-order valence-electron chi connectivity index (χ2n) is 7.52. The van der Waals surface area contributed by atoms with Crippen molar-refractivity contribution in [2.75, 3.05) is 14.2 Å². The van der Waals surface area contributed by atoms with Gasteiger partial charge in [-0.2, -0.15) is 0 Å². The topological polar surface area (TPSA) is 73.9 Å². The van der Waals surface area contributed by atoms with Crippen LogP contribution < -0.4 is 14.8 Å². The van der Waals surface area contributed by atoms with Gasteiger partial charge in [0.25, 0.3) is 0 Å². The fourth-order valence-electron chi connectivity index (χ4n) is 3.73. The lowest BCUT2D eigenvalue weighted by molar-refractivity contribution is -0.150. The molecular weight excluding hydrogens is 437 g/mol. The molecular formula is C24H25ClFNO5. The van der Waals surface area contributed by atoms with Crippen LogP contribution in [0, 0.1) is 5.82 Å². The maximum Gasteiger partial charge on any atom is 0.331 e. The Morgan fingerprint density at radius 1 is 1.16 bits per heavy atom. The number of carbonyl (C=O) groups is 2. The largest absolute Gasteiger partial charge is 0.493 e. The van der Waals surface area contributed by atoms with Gasteiger partial charge in [0.05, 0.1) is 19.2 Å². The minimum absolute atomic E-state index is 0.0179. The van der Waals surface area contributed by atoms with Crippen LogP contribution in [0.2, 0.25) is 5.02 Å². The van der Waals surface area contributed by atoms with E-state index in [9.17, 15) is 14.0 Å². The summed E-state index contributed by atoms with van der Waals surface area (Å²) >= 11 is 5.80. The Kier molecular flexibility index (Phi) is 7.75. The molecule has 2 aromatic rings. The second kappa shape index (κ2) is 10.5. The Labute approximate surface area is 191 Å². The molecule has 0 atom stereocenters. The van der Waals surface area contributed by atoms with Gasteiger partial charge in [-0.05, 0) is 42.7 Å². The van der Waals surface area contributed by atoms with Gasteiger partial charge in [0.1, 0.15) is 18.0 Å². The van der Waals surface area contributed by atoms with E-state index in [1.807, 2.05) is 0 Å². The molecule has 32 heavy (non-hydrogen) atoms. The summed E-state index contributed by atoms with van der Waals surface area (Å²) in [5.41, 5.74) is 0.0599. The minimum atomic E-state index is -0.957. The lowest BCUT2D eigenvalue weighted by Crippen LogP contribution is -2.52. The quantitative estimate of drug-likeness (QED) is 0.456. The van der Waals surface area contributed by atoms with Crippen molar-refractivity contribution in [3.63, 3.8) is 0 Å². The Morgan fingerprint density at radius 2 is 1.91 bits per heavy atom. The second-order valence-corrected chi connectivity index (χ2v) is 7.92. The molecule has 6 nitrogen and oxygen atoms in total. The summed E-state index contributed by atoms with van der Waals surface area (Å²) in [7, 11) is 2.81. The third-order valence-corrected chi connectivity index (χ3v) is 5.72. The van der Waals surface area contributed by atoms with Crippen LogP contribution in [0.4, 0.5) is 4.39 Å². The van der Waals surface area contributed by atoms with Gasteiger partial charge in [0.2, 0.25) is 5.91 Å². The number of nitrogens with one attached hydrogen (secondary N) is 1. The Bertz CT molecular complexity index is 1020. The molecule has 1 aliphatic rings. The number of rotatable bonds is 8. The fraction of sp³-hybridized carbons (Fsp3) is 0.333. The number of methoxy groups -OCH3 is 2. The average Bonchev–Trinajstić information content (AvgIpc) is 3.27. The molecule has 0 bridgehead atoms. The summed E-state index contributed by atoms with van der Waals surface area (Å²) in [5, 5.41) is 2.83. The molecule has 1 fully saturated rings. The molecule has 1 N–H and O–H groups in total. The van der Waals surface area contributed by atoms with Crippen molar-refractivity contribution in [2.24, 2.45) is 0 Å². The number of ether oxygens (including phenoxy) is 3. The highest BCUT2D eigenvalue weighted by molar-refractivity contribution is 6.30. The van der Waals surface area contributed by atoms with Crippen LogP contribution in [0.5, 0.6) is 11.5 Å². The van der Waals surface area contributed by atoms with Crippen LogP contribution in [-0.2, 0) is 20.9 Å². The number of amides is 1. The van der Waals surface area contributed by atoms with Gasteiger partial charge >= 0.3 is 5.97 Å². The number of hydrogen-bond acceptors (Lipinski definition) is 5. The third-order valence-electron chi connectivity index (χ3n) is 5.43. The predicted molar refractivity (Wildman–Crippen MR) is 119 cm³/mol. The highest BCUT2D eigenvalue weighted by Crippen LogP contribution is 2.32. The van der Waals surface area contributed by atoms with Crippen LogP contribution in [0.1, 0.15) is 36.8 Å². The van der Waals surface area contributed by atoms with Gasteiger partial charge in [-0.1, -0.05) is 42.6 Å². The first-order valence-electron chi connectivity index (χ1n) is 10.2. The molecule has 2 aromatic carbocycles. The third kappa shape index (κ3) is 5.40. The summed E-state index contributed by atoms with van der Waals surface area (Å²) in [6, 6.07) is 9.81. The van der Waals surface area contributed by atoms with E-state index >= 15 is 0 Å². The molecule has 1 saturated carbocycles. The van der Waals surface area contributed by atoms with Gasteiger partial charge in [0.15, 0.2) is 11.5 Å². The van der Waals surface area contributed by atoms with Crippen molar-refractivity contribution >= 4 is 29.6 Å². The van der Waals surface area contributed by atoms with E-state index in [1.165, 1.54) is 26.4 Å². The van der Waals surface area contributed by atoms with Crippen molar-refractivity contribution in [3.05, 3.63) is 64.4 Å². The van der Waals surface area contributed by atoms with Gasteiger partial charge in [0, 0.05) is 11.6 Å². The molecule has 0 aromatic heterocycles. The van der Waals surface area contributed by atoms with Gasteiger partial charge in [-0.3, -0.25) is 4.79 Å². The monoisotopic (exact) mass is 461 g/mol. The number of esters is 1. The van der Waals surface area contributed by atoms with E-state index in [0.717, 1.165) is 12.8 Å². The zero-order valence-corrected chi connectivity index (χ0v) is 18.7. The van der Waals surface area contributed by atoms with Crippen molar-refractivity contribution in [3.8, 4) is 11.5 Å². The summed E-state index contributed by atoms with van der Waals surface area (Å²) in [4.78, 5) is 24.6. The lowest BCUT2D eigenvalue weighted by Gasteiger charge is -2.26. The standard InChI is InChI=1S/C24H25ClFNO5/c1-30-20-14-16(8-10-19(20)32-15-17-6-5-7-18(25)22(17)26)9-11-21(28)27-24(23(29)31-2)12-3-4-13-24/h5-11,14H,3-4,12-13,15H2,1-2H3,(H,27,28)/b11-9+. The van der Waals surface area contributed by atoms with Crippen LogP contribution in [0.3, 0.4) is 0 Å². The van der Waals surface area contributed by atoms with Crippen molar-refractivity contribution in [1.29, 1.82) is 0 Å². The predicted octanol–water partition coefficient (Wildman–Crippen LogP) is 4.68. The molecule has 0 unspecified atom stereocenters. The SMILES string of the molecule is COC(=O)C1(NC(=O)/C=C/c2ccc(OCc3cccc(Cl)c3F)c(OC)c2)CCCC1. The van der Waals surface area contributed by atoms with Gasteiger partial charge < -0.3 is 19.5 Å². The molecule has 0 saturated heterocycles. The summed E-state index contributed by atoms with van der Waals surface area (Å²) in [5.74, 6) is -0.476. The molecule has 8 heteroatoms.